The minimum Gasteiger partial charge on any atom is -0.390 e. The van der Waals surface area contributed by atoms with Gasteiger partial charge in [0, 0.05) is 17.7 Å². The molecule has 0 saturated heterocycles. The number of benzene rings is 4. The molecule has 1 heterocycles. The molecule has 5 aromatic rings. The summed E-state index contributed by atoms with van der Waals surface area (Å²) in [7, 11) is 0. The molecule has 0 fully saturated rings. The highest BCUT2D eigenvalue weighted by molar-refractivity contribution is 5.58. The van der Waals surface area contributed by atoms with Crippen molar-refractivity contribution >= 4 is 0 Å². The Morgan fingerprint density at radius 2 is 1.11 bits per heavy atom. The van der Waals surface area contributed by atoms with Crippen molar-refractivity contribution in [1.29, 1.82) is 0 Å². The maximum atomic E-state index is 11.0. The third kappa shape index (κ3) is 5.39. The number of aromatic nitrogens is 2. The van der Waals surface area contributed by atoms with Gasteiger partial charge in [0.1, 0.15) is 11.7 Å². The Morgan fingerprint density at radius 3 is 1.59 bits per heavy atom. The van der Waals surface area contributed by atoms with Gasteiger partial charge in [0.25, 0.3) is 0 Å². The molecule has 5 rings (SSSR count). The van der Waals surface area contributed by atoms with E-state index in [1.54, 1.807) is 0 Å². The van der Waals surface area contributed by atoms with Crippen molar-refractivity contribution in [3.05, 3.63) is 150 Å². The fourth-order valence-corrected chi connectivity index (χ4v) is 4.67. The Balaban J connectivity index is 1.39. The largest absolute Gasteiger partial charge is 0.390 e. The minimum atomic E-state index is -1.11. The van der Waals surface area contributed by atoms with Gasteiger partial charge in [-0.15, -0.1) is 0 Å². The molecule has 0 aliphatic heterocycles. The molecule has 5 heteroatoms. The van der Waals surface area contributed by atoms with Crippen LogP contribution < -0.4 is 0 Å². The number of hydrogen-bond donors (Lipinski definition) is 3. The summed E-state index contributed by atoms with van der Waals surface area (Å²) in [5, 5.41) is 29.2. The fourth-order valence-electron chi connectivity index (χ4n) is 4.67. The van der Waals surface area contributed by atoms with Crippen molar-refractivity contribution in [2.75, 3.05) is 6.61 Å². The van der Waals surface area contributed by atoms with Crippen LogP contribution in [0, 0.1) is 0 Å². The van der Waals surface area contributed by atoms with Gasteiger partial charge in [0.05, 0.1) is 18.4 Å². The molecule has 2 atom stereocenters. The summed E-state index contributed by atoms with van der Waals surface area (Å²) in [5.74, 6) is 0. The molecule has 3 N–H and O–H groups in total. The number of rotatable bonds is 10. The molecule has 5 nitrogen and oxygen atoms in total. The third-order valence-corrected chi connectivity index (χ3v) is 6.59. The predicted octanol–water partition coefficient (Wildman–Crippen LogP) is 5.35. The highest BCUT2D eigenvalue weighted by atomic mass is 16.5. The van der Waals surface area contributed by atoms with Crippen LogP contribution in [0.4, 0.5) is 0 Å². The number of aromatic amines is 1. The first kappa shape index (κ1) is 24.7. The van der Waals surface area contributed by atoms with E-state index in [1.165, 1.54) is 0 Å². The summed E-state index contributed by atoms with van der Waals surface area (Å²) in [5.41, 5.74) is 4.39. The van der Waals surface area contributed by atoms with Crippen molar-refractivity contribution in [3.8, 4) is 11.3 Å². The van der Waals surface area contributed by atoms with Gasteiger partial charge < -0.3 is 14.9 Å². The Bertz CT molecular complexity index is 1280. The van der Waals surface area contributed by atoms with Crippen LogP contribution in [-0.4, -0.2) is 39.2 Å². The van der Waals surface area contributed by atoms with Crippen LogP contribution in [-0.2, 0) is 16.8 Å². The molecule has 0 radical (unpaired) electrons. The quantitative estimate of drug-likeness (QED) is 0.231. The van der Waals surface area contributed by atoms with Gasteiger partial charge >= 0.3 is 0 Å². The fraction of sp³-hybridized carbons (Fsp3) is 0.156. The predicted molar refractivity (Wildman–Crippen MR) is 145 cm³/mol. The van der Waals surface area contributed by atoms with E-state index in [4.69, 9.17) is 4.74 Å². The normalized spacial score (nSPS) is 13.2. The Morgan fingerprint density at radius 1 is 0.649 bits per heavy atom. The number of ether oxygens (including phenoxy) is 1. The molecular weight excluding hydrogens is 460 g/mol. The second-order valence-electron chi connectivity index (χ2n) is 9.07. The average molecular weight is 491 g/mol. The van der Waals surface area contributed by atoms with Crippen LogP contribution in [0.2, 0.25) is 0 Å². The van der Waals surface area contributed by atoms with Gasteiger partial charge in [-0.25, -0.2) is 0 Å². The lowest BCUT2D eigenvalue weighted by atomic mass is 9.80. The maximum absolute atomic E-state index is 11.0. The summed E-state index contributed by atoms with van der Waals surface area (Å²) in [6, 6.07) is 41.7. The zero-order valence-corrected chi connectivity index (χ0v) is 20.4. The standard InChI is InChI=1S/C32H30N2O3/c35-30(22-28-21-29(34-33-28)24-13-5-1-6-14-24)31(36)23-37-32(25-15-7-2-8-16-25,26-17-9-3-10-18-26)27-19-11-4-12-20-27/h1-21,30-31,35-36H,22-23H2,(H,33,34)/t30-,31+/m0/s1. The summed E-state index contributed by atoms with van der Waals surface area (Å²) in [6.45, 7) is -0.0699. The Kier molecular flexibility index (Phi) is 7.57. The van der Waals surface area contributed by atoms with E-state index in [9.17, 15) is 10.2 Å². The highest BCUT2D eigenvalue weighted by Crippen LogP contribution is 2.40. The van der Waals surface area contributed by atoms with Crippen LogP contribution in [0.3, 0.4) is 0 Å². The number of aliphatic hydroxyl groups is 2. The summed E-state index contributed by atoms with van der Waals surface area (Å²) < 4.78 is 6.65. The SMILES string of the molecule is O[C@H](COC(c1ccccc1)(c1ccccc1)c1ccccc1)[C@@H](O)Cc1cc(-c2ccccc2)n[nH]1. The molecule has 4 aromatic carbocycles. The van der Waals surface area contributed by atoms with Crippen LogP contribution in [0.25, 0.3) is 11.3 Å². The number of nitrogens with one attached hydrogen (secondary N) is 1. The molecule has 0 aliphatic rings. The molecule has 186 valence electrons. The zero-order valence-electron chi connectivity index (χ0n) is 20.4. The van der Waals surface area contributed by atoms with Crippen molar-refractivity contribution in [3.63, 3.8) is 0 Å². The monoisotopic (exact) mass is 490 g/mol. The minimum absolute atomic E-state index is 0.0699. The summed E-state index contributed by atoms with van der Waals surface area (Å²) >= 11 is 0. The van der Waals surface area contributed by atoms with Crippen LogP contribution in [0.5, 0.6) is 0 Å². The van der Waals surface area contributed by atoms with E-state index < -0.39 is 17.8 Å². The summed E-state index contributed by atoms with van der Waals surface area (Å²) in [6.07, 6.45) is -1.93. The van der Waals surface area contributed by atoms with Crippen molar-refractivity contribution in [2.45, 2.75) is 24.2 Å². The molecule has 1 aromatic heterocycles. The molecule has 0 unspecified atom stereocenters. The Hall–Kier alpha value is -4.03. The average Bonchev–Trinajstić information content (AvgIpc) is 3.44. The van der Waals surface area contributed by atoms with E-state index >= 15 is 0 Å². The van der Waals surface area contributed by atoms with E-state index in [0.717, 1.165) is 33.6 Å². The first-order valence-electron chi connectivity index (χ1n) is 12.4. The van der Waals surface area contributed by atoms with Gasteiger partial charge in [0.2, 0.25) is 0 Å². The van der Waals surface area contributed by atoms with Crippen molar-refractivity contribution < 1.29 is 14.9 Å². The van der Waals surface area contributed by atoms with Crippen LogP contribution in [0.15, 0.2) is 127 Å². The van der Waals surface area contributed by atoms with E-state index in [-0.39, 0.29) is 13.0 Å². The van der Waals surface area contributed by atoms with Crippen molar-refractivity contribution in [2.24, 2.45) is 0 Å². The third-order valence-electron chi connectivity index (χ3n) is 6.59. The van der Waals surface area contributed by atoms with E-state index in [0.29, 0.717) is 0 Å². The lowest BCUT2D eigenvalue weighted by Crippen LogP contribution is -2.39. The molecular formula is C32H30N2O3. The topological polar surface area (TPSA) is 78.4 Å². The van der Waals surface area contributed by atoms with E-state index in [2.05, 4.69) is 10.2 Å². The molecule has 0 saturated carbocycles. The van der Waals surface area contributed by atoms with Crippen molar-refractivity contribution in [1.82, 2.24) is 10.2 Å². The van der Waals surface area contributed by atoms with Gasteiger partial charge in [-0.1, -0.05) is 121 Å². The van der Waals surface area contributed by atoms with Gasteiger partial charge in [-0.05, 0) is 22.8 Å². The molecule has 0 aliphatic carbocycles. The zero-order chi connectivity index (χ0) is 25.5. The number of nitrogens with zero attached hydrogens (tertiary/aromatic N) is 1. The van der Waals surface area contributed by atoms with E-state index in [1.807, 2.05) is 127 Å². The second kappa shape index (κ2) is 11.4. The summed E-state index contributed by atoms with van der Waals surface area (Å²) in [4.78, 5) is 0. The first-order chi connectivity index (χ1) is 18.2. The van der Waals surface area contributed by atoms with Crippen LogP contribution in [0.1, 0.15) is 22.4 Å². The Labute approximate surface area is 217 Å². The molecule has 0 amide bonds. The second-order valence-corrected chi connectivity index (χ2v) is 9.07. The number of H-pyrrole nitrogens is 1. The molecule has 0 bridgehead atoms. The lowest BCUT2D eigenvalue weighted by Gasteiger charge is -2.37. The van der Waals surface area contributed by atoms with Gasteiger partial charge in [-0.2, -0.15) is 5.10 Å². The van der Waals surface area contributed by atoms with Gasteiger partial charge in [-0.3, -0.25) is 5.10 Å². The first-order valence-corrected chi connectivity index (χ1v) is 12.4. The van der Waals surface area contributed by atoms with Gasteiger partial charge in [0.15, 0.2) is 0 Å². The van der Waals surface area contributed by atoms with Crippen LogP contribution >= 0.6 is 0 Å². The lowest BCUT2D eigenvalue weighted by molar-refractivity contribution is -0.0780. The number of hydrogen-bond acceptors (Lipinski definition) is 4. The molecule has 0 spiro atoms. The maximum Gasteiger partial charge on any atom is 0.143 e. The smallest absolute Gasteiger partial charge is 0.143 e. The highest BCUT2D eigenvalue weighted by Gasteiger charge is 2.38. The number of aliphatic hydroxyl groups excluding tert-OH is 2. The molecule has 37 heavy (non-hydrogen) atoms.